The highest BCUT2D eigenvalue weighted by Gasteiger charge is 2.32. The molecule has 0 aromatic heterocycles. The predicted molar refractivity (Wildman–Crippen MR) is 50.5 cm³/mol. The first-order chi connectivity index (χ1) is 6.41. The molecule has 0 radical (unpaired) electrons. The smallest absolute Gasteiger partial charge is 0.166 e. The van der Waals surface area contributed by atoms with E-state index in [0.29, 0.717) is 0 Å². The standard InChI is InChI=1S/C10H10ClF3/c1-7(11)6-8-4-2-3-5-9(8)10(12,13)14/h2-5,7H,6H2,1H3. The maximum absolute atomic E-state index is 12.5. The van der Waals surface area contributed by atoms with E-state index in [9.17, 15) is 13.2 Å². The van der Waals surface area contributed by atoms with Crippen LogP contribution < -0.4 is 0 Å². The third-order valence-corrected chi connectivity index (χ3v) is 1.98. The molecule has 1 unspecified atom stereocenters. The van der Waals surface area contributed by atoms with Crippen LogP contribution in [0.2, 0.25) is 0 Å². The Labute approximate surface area is 85.7 Å². The van der Waals surface area contributed by atoms with Gasteiger partial charge in [-0.15, -0.1) is 11.6 Å². The maximum atomic E-state index is 12.5. The van der Waals surface area contributed by atoms with Crippen LogP contribution in [0.5, 0.6) is 0 Å². The first kappa shape index (κ1) is 11.4. The van der Waals surface area contributed by atoms with Gasteiger partial charge in [-0.05, 0) is 25.0 Å². The fraction of sp³-hybridized carbons (Fsp3) is 0.400. The Morgan fingerprint density at radius 1 is 1.29 bits per heavy atom. The van der Waals surface area contributed by atoms with Crippen LogP contribution in [0.1, 0.15) is 18.1 Å². The molecule has 1 aromatic rings. The lowest BCUT2D eigenvalue weighted by molar-refractivity contribution is -0.138. The summed E-state index contributed by atoms with van der Waals surface area (Å²) in [6.07, 6.45) is -4.06. The molecule has 0 aliphatic carbocycles. The van der Waals surface area contributed by atoms with Gasteiger partial charge in [0.25, 0.3) is 0 Å². The average molecular weight is 223 g/mol. The summed E-state index contributed by atoms with van der Waals surface area (Å²) >= 11 is 5.67. The van der Waals surface area contributed by atoms with E-state index in [1.165, 1.54) is 12.1 Å². The number of hydrogen-bond donors (Lipinski definition) is 0. The summed E-state index contributed by atoms with van der Waals surface area (Å²) < 4.78 is 37.4. The molecule has 0 N–H and O–H groups in total. The van der Waals surface area contributed by atoms with Gasteiger partial charge in [-0.25, -0.2) is 0 Å². The molecule has 0 saturated heterocycles. The first-order valence-electron chi connectivity index (χ1n) is 4.20. The van der Waals surface area contributed by atoms with E-state index in [1.54, 1.807) is 13.0 Å². The van der Waals surface area contributed by atoms with Gasteiger partial charge in [0.15, 0.2) is 0 Å². The Morgan fingerprint density at radius 3 is 2.36 bits per heavy atom. The quantitative estimate of drug-likeness (QED) is 0.667. The zero-order valence-corrected chi connectivity index (χ0v) is 8.36. The summed E-state index contributed by atoms with van der Waals surface area (Å²) in [4.78, 5) is 0. The fourth-order valence-electron chi connectivity index (χ4n) is 1.28. The molecule has 0 bridgehead atoms. The fourth-order valence-corrected chi connectivity index (χ4v) is 1.44. The van der Waals surface area contributed by atoms with Crippen molar-refractivity contribution in [2.45, 2.75) is 24.9 Å². The third kappa shape index (κ3) is 2.91. The molecule has 0 saturated carbocycles. The van der Waals surface area contributed by atoms with Crippen LogP contribution in [0.4, 0.5) is 13.2 Å². The Hall–Kier alpha value is -0.700. The van der Waals surface area contributed by atoms with Crippen molar-refractivity contribution >= 4 is 11.6 Å². The molecule has 1 aromatic carbocycles. The van der Waals surface area contributed by atoms with Gasteiger partial charge < -0.3 is 0 Å². The van der Waals surface area contributed by atoms with Gasteiger partial charge in [0.2, 0.25) is 0 Å². The summed E-state index contributed by atoms with van der Waals surface area (Å²) in [6, 6.07) is 5.51. The third-order valence-electron chi connectivity index (χ3n) is 1.82. The van der Waals surface area contributed by atoms with Crippen molar-refractivity contribution in [2.75, 3.05) is 0 Å². The number of benzene rings is 1. The number of alkyl halides is 4. The normalized spacial score (nSPS) is 14.1. The number of hydrogen-bond acceptors (Lipinski definition) is 0. The van der Waals surface area contributed by atoms with Gasteiger partial charge in [-0.3, -0.25) is 0 Å². The summed E-state index contributed by atoms with van der Waals surface area (Å²) in [7, 11) is 0. The topological polar surface area (TPSA) is 0 Å². The molecule has 0 amide bonds. The minimum atomic E-state index is -4.29. The molecule has 1 rings (SSSR count). The van der Waals surface area contributed by atoms with Crippen LogP contribution in [0, 0.1) is 0 Å². The Morgan fingerprint density at radius 2 is 1.86 bits per heavy atom. The molecular weight excluding hydrogens is 213 g/mol. The van der Waals surface area contributed by atoms with E-state index in [2.05, 4.69) is 0 Å². The number of halogens is 4. The van der Waals surface area contributed by atoms with Crippen LogP contribution in [-0.4, -0.2) is 5.38 Å². The van der Waals surface area contributed by atoms with Crippen molar-refractivity contribution in [1.82, 2.24) is 0 Å². The summed E-state index contributed by atoms with van der Waals surface area (Å²) in [5, 5.41) is -0.293. The molecule has 0 aliphatic rings. The molecule has 0 fully saturated rings. The van der Waals surface area contributed by atoms with E-state index in [1.807, 2.05) is 0 Å². The summed E-state index contributed by atoms with van der Waals surface area (Å²) in [5.41, 5.74) is -0.338. The van der Waals surface area contributed by atoms with E-state index in [4.69, 9.17) is 11.6 Å². The van der Waals surface area contributed by atoms with Gasteiger partial charge in [-0.1, -0.05) is 18.2 Å². The minimum Gasteiger partial charge on any atom is -0.166 e. The maximum Gasteiger partial charge on any atom is 0.416 e. The van der Waals surface area contributed by atoms with Gasteiger partial charge in [0.05, 0.1) is 5.56 Å². The highest BCUT2D eigenvalue weighted by molar-refractivity contribution is 6.20. The van der Waals surface area contributed by atoms with Crippen LogP contribution in [0.15, 0.2) is 24.3 Å². The van der Waals surface area contributed by atoms with Crippen molar-refractivity contribution in [3.63, 3.8) is 0 Å². The SMILES string of the molecule is CC(Cl)Cc1ccccc1C(F)(F)F. The Bertz CT molecular complexity index is 304. The van der Waals surface area contributed by atoms with E-state index >= 15 is 0 Å². The first-order valence-corrected chi connectivity index (χ1v) is 4.64. The van der Waals surface area contributed by atoms with Gasteiger partial charge in [0, 0.05) is 5.38 Å². The van der Waals surface area contributed by atoms with Crippen molar-refractivity contribution in [2.24, 2.45) is 0 Å². The lowest BCUT2D eigenvalue weighted by atomic mass is 10.0. The lowest BCUT2D eigenvalue weighted by Gasteiger charge is -2.13. The average Bonchev–Trinajstić information content (AvgIpc) is 2.01. The van der Waals surface area contributed by atoms with Gasteiger partial charge >= 0.3 is 6.18 Å². The van der Waals surface area contributed by atoms with Gasteiger partial charge in [-0.2, -0.15) is 13.2 Å². The molecule has 1 atom stereocenters. The van der Waals surface area contributed by atoms with E-state index in [-0.39, 0.29) is 17.4 Å². The zero-order chi connectivity index (χ0) is 10.8. The molecule has 4 heteroatoms. The van der Waals surface area contributed by atoms with Gasteiger partial charge in [0.1, 0.15) is 0 Å². The second kappa shape index (κ2) is 4.22. The second-order valence-electron chi connectivity index (χ2n) is 3.14. The van der Waals surface area contributed by atoms with Crippen molar-refractivity contribution in [1.29, 1.82) is 0 Å². The summed E-state index contributed by atoms with van der Waals surface area (Å²) in [6.45, 7) is 1.68. The highest BCUT2D eigenvalue weighted by Crippen LogP contribution is 2.32. The zero-order valence-electron chi connectivity index (χ0n) is 7.61. The molecule has 0 aliphatic heterocycles. The Kier molecular flexibility index (Phi) is 3.43. The lowest BCUT2D eigenvalue weighted by Crippen LogP contribution is -2.11. The molecular formula is C10H10ClF3. The largest absolute Gasteiger partial charge is 0.416 e. The van der Waals surface area contributed by atoms with E-state index < -0.39 is 11.7 Å². The van der Waals surface area contributed by atoms with E-state index in [0.717, 1.165) is 6.07 Å². The highest BCUT2D eigenvalue weighted by atomic mass is 35.5. The van der Waals surface area contributed by atoms with Crippen LogP contribution in [0.25, 0.3) is 0 Å². The van der Waals surface area contributed by atoms with Crippen molar-refractivity contribution < 1.29 is 13.2 Å². The monoisotopic (exact) mass is 222 g/mol. The van der Waals surface area contributed by atoms with Crippen LogP contribution >= 0.6 is 11.6 Å². The van der Waals surface area contributed by atoms with Crippen molar-refractivity contribution in [3.8, 4) is 0 Å². The van der Waals surface area contributed by atoms with Crippen LogP contribution in [0.3, 0.4) is 0 Å². The molecule has 0 heterocycles. The summed E-state index contributed by atoms with van der Waals surface area (Å²) in [5.74, 6) is 0. The Balaban J connectivity index is 3.04. The second-order valence-corrected chi connectivity index (χ2v) is 3.88. The number of rotatable bonds is 2. The predicted octanol–water partition coefficient (Wildman–Crippen LogP) is 3.88. The minimum absolute atomic E-state index is 0.233. The molecule has 14 heavy (non-hydrogen) atoms. The van der Waals surface area contributed by atoms with Crippen LogP contribution in [-0.2, 0) is 12.6 Å². The molecule has 0 spiro atoms. The van der Waals surface area contributed by atoms with Crippen molar-refractivity contribution in [3.05, 3.63) is 35.4 Å². The molecule has 78 valence electrons. The molecule has 0 nitrogen and oxygen atoms in total.